The number of halogens is 3. The van der Waals surface area contributed by atoms with Crippen LogP contribution in [0, 0.1) is 0 Å². The third-order valence-electron chi connectivity index (χ3n) is 2.59. The van der Waals surface area contributed by atoms with Crippen LogP contribution in [-0.4, -0.2) is 32.0 Å². The molecule has 1 heterocycles. The highest BCUT2D eigenvalue weighted by atomic mass is 19.4. The van der Waals surface area contributed by atoms with Crippen LogP contribution in [0.15, 0.2) is 22.8 Å². The van der Waals surface area contributed by atoms with E-state index in [1.807, 2.05) is 13.0 Å². The molecule has 1 aromatic heterocycles. The van der Waals surface area contributed by atoms with Gasteiger partial charge in [0.15, 0.2) is 0 Å². The summed E-state index contributed by atoms with van der Waals surface area (Å²) in [6.45, 7) is 1.76. The van der Waals surface area contributed by atoms with Crippen molar-refractivity contribution in [3.8, 4) is 0 Å². The molecule has 0 aliphatic rings. The Kier molecular flexibility index (Phi) is 6.94. The van der Waals surface area contributed by atoms with Gasteiger partial charge in [-0.2, -0.15) is 13.2 Å². The molecular formula is C13H20F3NO2. The van der Waals surface area contributed by atoms with Crippen LogP contribution in [0.4, 0.5) is 13.2 Å². The molecule has 3 nitrogen and oxygen atoms in total. The highest BCUT2D eigenvalue weighted by molar-refractivity contribution is 5.00. The van der Waals surface area contributed by atoms with Crippen molar-refractivity contribution in [1.29, 1.82) is 0 Å². The molecule has 0 bridgehead atoms. The second-order valence-corrected chi connectivity index (χ2v) is 4.39. The van der Waals surface area contributed by atoms with E-state index in [1.54, 1.807) is 12.3 Å². The summed E-state index contributed by atoms with van der Waals surface area (Å²) in [6, 6.07) is 3.73. The second kappa shape index (κ2) is 8.22. The zero-order chi connectivity index (χ0) is 14.1. The highest BCUT2D eigenvalue weighted by Gasteiger charge is 2.27. The molecule has 1 N–H and O–H groups in total. The molecule has 0 saturated carbocycles. The molecule has 1 aromatic rings. The van der Waals surface area contributed by atoms with Crippen LogP contribution >= 0.6 is 0 Å². The minimum atomic E-state index is -4.26. The van der Waals surface area contributed by atoms with E-state index < -0.39 is 12.8 Å². The van der Waals surface area contributed by atoms with Crippen LogP contribution in [0.3, 0.4) is 0 Å². The van der Waals surface area contributed by atoms with Crippen LogP contribution in [0.25, 0.3) is 0 Å². The number of alkyl halides is 3. The van der Waals surface area contributed by atoms with Gasteiger partial charge in [-0.3, -0.25) is 0 Å². The van der Waals surface area contributed by atoms with E-state index in [4.69, 9.17) is 4.42 Å². The first-order valence-electron chi connectivity index (χ1n) is 6.41. The molecule has 0 saturated heterocycles. The van der Waals surface area contributed by atoms with Crippen molar-refractivity contribution < 1.29 is 22.3 Å². The van der Waals surface area contributed by atoms with Gasteiger partial charge in [0, 0.05) is 19.1 Å². The molecule has 0 spiro atoms. The maximum absolute atomic E-state index is 11.9. The zero-order valence-electron chi connectivity index (χ0n) is 11.0. The normalized spacial score (nSPS) is 13.7. The van der Waals surface area contributed by atoms with Crippen LogP contribution in [0.1, 0.15) is 25.5 Å². The fourth-order valence-corrected chi connectivity index (χ4v) is 1.71. The largest absolute Gasteiger partial charge is 0.469 e. The van der Waals surface area contributed by atoms with Crippen molar-refractivity contribution in [3.63, 3.8) is 0 Å². The maximum atomic E-state index is 11.9. The molecule has 0 aromatic carbocycles. The van der Waals surface area contributed by atoms with Crippen molar-refractivity contribution >= 4 is 0 Å². The van der Waals surface area contributed by atoms with Gasteiger partial charge in [-0.05, 0) is 31.5 Å². The summed E-state index contributed by atoms with van der Waals surface area (Å²) in [5.41, 5.74) is 0. The lowest BCUT2D eigenvalue weighted by molar-refractivity contribution is -0.174. The van der Waals surface area contributed by atoms with Gasteiger partial charge >= 0.3 is 6.18 Å². The van der Waals surface area contributed by atoms with E-state index in [1.165, 1.54) is 0 Å². The van der Waals surface area contributed by atoms with Crippen molar-refractivity contribution in [2.75, 3.05) is 19.8 Å². The van der Waals surface area contributed by atoms with Crippen LogP contribution < -0.4 is 5.32 Å². The number of nitrogens with one attached hydrogen (secondary N) is 1. The highest BCUT2D eigenvalue weighted by Crippen LogP contribution is 2.15. The molecule has 0 amide bonds. The molecule has 0 aliphatic carbocycles. The van der Waals surface area contributed by atoms with E-state index >= 15 is 0 Å². The topological polar surface area (TPSA) is 34.4 Å². The molecular weight excluding hydrogens is 259 g/mol. The minimum Gasteiger partial charge on any atom is -0.469 e. The summed E-state index contributed by atoms with van der Waals surface area (Å²) in [5.74, 6) is 0.824. The van der Waals surface area contributed by atoms with Gasteiger partial charge in [0.2, 0.25) is 0 Å². The lowest BCUT2D eigenvalue weighted by atomic mass is 10.1. The third kappa shape index (κ3) is 7.89. The Balaban J connectivity index is 2.29. The predicted octanol–water partition coefficient (Wildman–Crippen LogP) is 3.16. The summed E-state index contributed by atoms with van der Waals surface area (Å²) < 4.78 is 45.7. The summed E-state index contributed by atoms with van der Waals surface area (Å²) >= 11 is 0. The minimum absolute atomic E-state index is 0.0688. The van der Waals surface area contributed by atoms with Gasteiger partial charge in [-0.1, -0.05) is 6.92 Å². The van der Waals surface area contributed by atoms with Crippen molar-refractivity contribution in [1.82, 2.24) is 5.32 Å². The lowest BCUT2D eigenvalue weighted by Gasteiger charge is -2.17. The molecule has 1 unspecified atom stereocenters. The number of ether oxygens (including phenoxy) is 1. The van der Waals surface area contributed by atoms with E-state index in [-0.39, 0.29) is 12.6 Å². The van der Waals surface area contributed by atoms with Gasteiger partial charge < -0.3 is 14.5 Å². The summed E-state index contributed by atoms with van der Waals surface area (Å²) in [4.78, 5) is 0. The predicted molar refractivity (Wildman–Crippen MR) is 66.0 cm³/mol. The van der Waals surface area contributed by atoms with Gasteiger partial charge in [0.25, 0.3) is 0 Å². The van der Waals surface area contributed by atoms with E-state index in [9.17, 15) is 13.2 Å². The molecule has 1 rings (SSSR count). The fourth-order valence-electron chi connectivity index (χ4n) is 1.71. The molecule has 19 heavy (non-hydrogen) atoms. The first-order chi connectivity index (χ1) is 9.01. The molecule has 110 valence electrons. The smallest absolute Gasteiger partial charge is 0.411 e. The second-order valence-electron chi connectivity index (χ2n) is 4.39. The van der Waals surface area contributed by atoms with Gasteiger partial charge in [-0.25, -0.2) is 0 Å². The first-order valence-corrected chi connectivity index (χ1v) is 6.41. The Hall–Kier alpha value is -1.01. The van der Waals surface area contributed by atoms with Crippen molar-refractivity contribution in [2.45, 2.75) is 38.4 Å². The average molecular weight is 279 g/mol. The Bertz CT molecular complexity index is 325. The molecule has 1 atom stereocenters. The quantitative estimate of drug-likeness (QED) is 0.705. The van der Waals surface area contributed by atoms with Gasteiger partial charge in [0.05, 0.1) is 6.26 Å². The van der Waals surface area contributed by atoms with Crippen LogP contribution in [0.2, 0.25) is 0 Å². The average Bonchev–Trinajstić information content (AvgIpc) is 2.82. The van der Waals surface area contributed by atoms with E-state index in [0.29, 0.717) is 12.8 Å². The Morgan fingerprint density at radius 1 is 1.42 bits per heavy atom. The SMILES string of the molecule is CCCNC(CCOCC(F)(F)F)Cc1ccco1. The Morgan fingerprint density at radius 3 is 2.79 bits per heavy atom. The van der Waals surface area contributed by atoms with E-state index in [0.717, 1.165) is 18.7 Å². The summed E-state index contributed by atoms with van der Waals surface area (Å²) in [6.07, 6.45) is -0.517. The van der Waals surface area contributed by atoms with Crippen molar-refractivity contribution in [3.05, 3.63) is 24.2 Å². The fraction of sp³-hybridized carbons (Fsp3) is 0.692. The van der Waals surface area contributed by atoms with E-state index in [2.05, 4.69) is 10.1 Å². The molecule has 0 radical (unpaired) electrons. The standard InChI is InChI=1S/C13H20F3NO2/c1-2-6-17-11(9-12-4-3-7-19-12)5-8-18-10-13(14,15)16/h3-4,7,11,17H,2,5-6,8-10H2,1H3. The lowest BCUT2D eigenvalue weighted by Crippen LogP contribution is -2.33. The number of rotatable bonds is 9. The van der Waals surface area contributed by atoms with Gasteiger partial charge in [-0.15, -0.1) is 0 Å². The maximum Gasteiger partial charge on any atom is 0.411 e. The number of hydrogen-bond acceptors (Lipinski definition) is 3. The molecule has 0 aliphatic heterocycles. The molecule has 6 heteroatoms. The monoisotopic (exact) mass is 279 g/mol. The van der Waals surface area contributed by atoms with Crippen LogP contribution in [-0.2, 0) is 11.2 Å². The zero-order valence-corrected chi connectivity index (χ0v) is 11.0. The Labute approximate surface area is 111 Å². The summed E-state index contributed by atoms with van der Waals surface area (Å²) in [5, 5.41) is 3.28. The number of hydrogen-bond donors (Lipinski definition) is 1. The van der Waals surface area contributed by atoms with Gasteiger partial charge in [0.1, 0.15) is 12.4 Å². The van der Waals surface area contributed by atoms with Crippen LogP contribution in [0.5, 0.6) is 0 Å². The summed E-state index contributed by atoms with van der Waals surface area (Å²) in [7, 11) is 0. The Morgan fingerprint density at radius 2 is 2.21 bits per heavy atom. The third-order valence-corrected chi connectivity index (χ3v) is 2.59. The number of furan rings is 1. The first kappa shape index (κ1) is 16.0. The molecule has 0 fully saturated rings. The van der Waals surface area contributed by atoms with Crippen molar-refractivity contribution in [2.24, 2.45) is 0 Å².